The van der Waals surface area contributed by atoms with Crippen LogP contribution in [0.5, 0.6) is 0 Å². The molecule has 0 fully saturated rings. The number of aromatic amines is 1. The van der Waals surface area contributed by atoms with E-state index in [0.717, 1.165) is 0 Å². The minimum atomic E-state index is -3.79. The lowest BCUT2D eigenvalue weighted by molar-refractivity contribution is 0.0697. The first-order valence-electron chi connectivity index (χ1n) is 6.86. The van der Waals surface area contributed by atoms with Gasteiger partial charge in [-0.3, -0.25) is 5.10 Å². The molecular weight excluding hydrogens is 330 g/mol. The van der Waals surface area contributed by atoms with E-state index in [1.807, 2.05) is 0 Å². The topological polar surface area (TPSA) is 126 Å². The van der Waals surface area contributed by atoms with Crippen LogP contribution in [0.4, 0.5) is 0 Å². The van der Waals surface area contributed by atoms with Gasteiger partial charge in [-0.15, -0.1) is 0 Å². The second-order valence-electron chi connectivity index (χ2n) is 5.09. The molecule has 0 spiro atoms. The van der Waals surface area contributed by atoms with Crippen LogP contribution in [-0.4, -0.2) is 29.7 Å². The average molecular weight is 343 g/mol. The van der Waals surface area contributed by atoms with E-state index in [2.05, 4.69) is 10.2 Å². The third kappa shape index (κ3) is 2.92. The Morgan fingerprint density at radius 1 is 1.08 bits per heavy atom. The number of hydrogen-bond acceptors (Lipinski definition) is 4. The Bertz CT molecular complexity index is 994. The van der Waals surface area contributed by atoms with E-state index in [9.17, 15) is 18.3 Å². The smallest absolute Gasteiger partial charge is 0.336 e. The lowest BCUT2D eigenvalue weighted by Gasteiger charge is -2.12. The number of aromatic nitrogens is 2. The molecule has 3 aromatic rings. The van der Waals surface area contributed by atoms with Gasteiger partial charge in [-0.25, -0.2) is 18.4 Å². The molecule has 24 heavy (non-hydrogen) atoms. The molecule has 122 valence electrons. The first-order chi connectivity index (χ1) is 11.4. The normalized spacial score (nSPS) is 11.4. The molecule has 0 atom stereocenters. The van der Waals surface area contributed by atoms with Gasteiger partial charge in [-0.1, -0.05) is 24.3 Å². The van der Waals surface area contributed by atoms with Crippen LogP contribution in [0, 0.1) is 0 Å². The van der Waals surface area contributed by atoms with Crippen molar-refractivity contribution in [3.05, 3.63) is 60.4 Å². The Balaban J connectivity index is 2.22. The zero-order valence-corrected chi connectivity index (χ0v) is 13.1. The number of rotatable bonds is 4. The van der Waals surface area contributed by atoms with E-state index in [1.165, 1.54) is 24.4 Å². The highest BCUT2D eigenvalue weighted by molar-refractivity contribution is 7.89. The Kier molecular flexibility index (Phi) is 3.92. The number of nitrogens with zero attached hydrogens (tertiary/aromatic N) is 1. The zero-order valence-electron chi connectivity index (χ0n) is 12.3. The van der Waals surface area contributed by atoms with Crippen LogP contribution in [0.25, 0.3) is 22.3 Å². The fourth-order valence-electron chi connectivity index (χ4n) is 2.49. The van der Waals surface area contributed by atoms with Crippen LogP contribution in [0.15, 0.2) is 59.8 Å². The second-order valence-corrected chi connectivity index (χ2v) is 6.65. The van der Waals surface area contributed by atoms with Crippen molar-refractivity contribution in [2.45, 2.75) is 4.90 Å². The monoisotopic (exact) mass is 343 g/mol. The molecule has 0 aliphatic heterocycles. The molecule has 0 saturated heterocycles. The van der Waals surface area contributed by atoms with Gasteiger partial charge in [-0.2, -0.15) is 5.10 Å². The van der Waals surface area contributed by atoms with Crippen LogP contribution in [-0.2, 0) is 10.0 Å². The summed E-state index contributed by atoms with van der Waals surface area (Å²) in [6.07, 6.45) is 3.13. The number of carbonyl (C=O) groups is 1. The summed E-state index contributed by atoms with van der Waals surface area (Å²) in [7, 11) is -3.79. The molecule has 4 N–H and O–H groups in total. The number of hydrogen-bond donors (Lipinski definition) is 3. The maximum atomic E-state index is 11.6. The van der Waals surface area contributed by atoms with Gasteiger partial charge < -0.3 is 5.11 Å². The standard InChI is InChI=1S/C16H13N3O4S/c17-24(22,23)12-6-4-10(5-7-12)13-2-1-3-14(16(20)21)15(13)11-8-18-19-9-11/h1-9H,(H,18,19)(H,20,21)(H2,17,22,23). The number of primary sulfonamides is 1. The minimum Gasteiger partial charge on any atom is -0.478 e. The molecule has 0 aliphatic rings. The Hall–Kier alpha value is -2.97. The summed E-state index contributed by atoms with van der Waals surface area (Å²) < 4.78 is 22.7. The second kappa shape index (κ2) is 5.91. The van der Waals surface area contributed by atoms with Crippen LogP contribution in [0.1, 0.15) is 10.4 Å². The largest absolute Gasteiger partial charge is 0.478 e. The maximum absolute atomic E-state index is 11.6. The highest BCUT2D eigenvalue weighted by atomic mass is 32.2. The number of carboxylic acids is 1. The van der Waals surface area contributed by atoms with Crippen molar-refractivity contribution in [1.82, 2.24) is 10.2 Å². The summed E-state index contributed by atoms with van der Waals surface area (Å²) >= 11 is 0. The lowest BCUT2D eigenvalue weighted by atomic mass is 9.92. The van der Waals surface area contributed by atoms with Gasteiger partial charge in [0.15, 0.2) is 0 Å². The molecular formula is C16H13N3O4S. The van der Waals surface area contributed by atoms with Crippen molar-refractivity contribution >= 4 is 16.0 Å². The van der Waals surface area contributed by atoms with Gasteiger partial charge in [-0.05, 0) is 29.3 Å². The van der Waals surface area contributed by atoms with Crippen molar-refractivity contribution in [2.24, 2.45) is 5.14 Å². The predicted octanol–water partition coefficient (Wildman–Crippen LogP) is 2.09. The van der Waals surface area contributed by atoms with Gasteiger partial charge in [0.05, 0.1) is 16.7 Å². The fourth-order valence-corrected chi connectivity index (χ4v) is 3.01. The van der Waals surface area contributed by atoms with E-state index in [4.69, 9.17) is 5.14 Å². The number of nitrogens with two attached hydrogens (primary N) is 1. The lowest BCUT2D eigenvalue weighted by Crippen LogP contribution is -2.11. The van der Waals surface area contributed by atoms with Gasteiger partial charge in [0.1, 0.15) is 0 Å². The first kappa shape index (κ1) is 15.9. The van der Waals surface area contributed by atoms with Crippen molar-refractivity contribution < 1.29 is 18.3 Å². The summed E-state index contributed by atoms with van der Waals surface area (Å²) in [5.41, 5.74) is 2.57. The van der Waals surface area contributed by atoms with Gasteiger partial charge in [0, 0.05) is 17.3 Å². The van der Waals surface area contributed by atoms with Gasteiger partial charge >= 0.3 is 5.97 Å². The summed E-state index contributed by atoms with van der Waals surface area (Å²) in [6.45, 7) is 0. The molecule has 0 bridgehead atoms. The van der Waals surface area contributed by atoms with Crippen LogP contribution in [0.3, 0.4) is 0 Å². The molecule has 1 heterocycles. The van der Waals surface area contributed by atoms with Crippen molar-refractivity contribution in [2.75, 3.05) is 0 Å². The first-order valence-corrected chi connectivity index (χ1v) is 8.41. The van der Waals surface area contributed by atoms with Crippen molar-refractivity contribution in [3.63, 3.8) is 0 Å². The van der Waals surface area contributed by atoms with E-state index in [1.54, 1.807) is 30.5 Å². The molecule has 0 unspecified atom stereocenters. The molecule has 0 radical (unpaired) electrons. The molecule has 1 aromatic heterocycles. The van der Waals surface area contributed by atoms with Crippen LogP contribution >= 0.6 is 0 Å². The number of H-pyrrole nitrogens is 1. The Labute approximate surface area is 137 Å². The summed E-state index contributed by atoms with van der Waals surface area (Å²) in [5.74, 6) is -1.06. The fraction of sp³-hybridized carbons (Fsp3) is 0. The summed E-state index contributed by atoms with van der Waals surface area (Å²) in [6, 6.07) is 10.9. The number of carboxylic acid groups (broad SMARTS) is 1. The van der Waals surface area contributed by atoms with Crippen molar-refractivity contribution in [3.8, 4) is 22.3 Å². The molecule has 3 rings (SSSR count). The third-order valence-electron chi connectivity index (χ3n) is 3.58. The van der Waals surface area contributed by atoms with Crippen LogP contribution in [0.2, 0.25) is 0 Å². The number of benzene rings is 2. The molecule has 0 aliphatic carbocycles. The number of nitrogens with one attached hydrogen (secondary N) is 1. The highest BCUT2D eigenvalue weighted by Gasteiger charge is 2.18. The molecule has 0 amide bonds. The van der Waals surface area contributed by atoms with Crippen LogP contribution < -0.4 is 5.14 Å². The van der Waals surface area contributed by atoms with Gasteiger partial charge in [0.25, 0.3) is 0 Å². The summed E-state index contributed by atoms with van der Waals surface area (Å²) in [5, 5.41) is 21.1. The van der Waals surface area contributed by atoms with Crippen molar-refractivity contribution in [1.29, 1.82) is 0 Å². The zero-order chi connectivity index (χ0) is 17.3. The molecule has 2 aromatic carbocycles. The molecule has 0 saturated carbocycles. The quantitative estimate of drug-likeness (QED) is 0.668. The minimum absolute atomic E-state index is 0.00880. The maximum Gasteiger partial charge on any atom is 0.336 e. The third-order valence-corrected chi connectivity index (χ3v) is 4.50. The van der Waals surface area contributed by atoms with Gasteiger partial charge in [0.2, 0.25) is 10.0 Å². The van der Waals surface area contributed by atoms with E-state index in [-0.39, 0.29) is 10.5 Å². The Morgan fingerprint density at radius 2 is 1.79 bits per heavy atom. The van der Waals surface area contributed by atoms with E-state index in [0.29, 0.717) is 22.3 Å². The highest BCUT2D eigenvalue weighted by Crippen LogP contribution is 2.35. The summed E-state index contributed by atoms with van der Waals surface area (Å²) in [4.78, 5) is 11.6. The number of sulfonamides is 1. The SMILES string of the molecule is NS(=O)(=O)c1ccc(-c2cccc(C(=O)O)c2-c2cn[nH]c2)cc1. The molecule has 8 heteroatoms. The molecule has 7 nitrogen and oxygen atoms in total. The Morgan fingerprint density at radius 3 is 2.33 bits per heavy atom. The average Bonchev–Trinajstić information content (AvgIpc) is 3.07. The van der Waals surface area contributed by atoms with E-state index < -0.39 is 16.0 Å². The number of aromatic carboxylic acids is 1. The van der Waals surface area contributed by atoms with E-state index >= 15 is 0 Å². The predicted molar refractivity (Wildman–Crippen MR) is 87.8 cm³/mol.